The Kier molecular flexibility index (Phi) is 5.77. The summed E-state index contributed by atoms with van der Waals surface area (Å²) in [6.45, 7) is 13.4. The van der Waals surface area contributed by atoms with Gasteiger partial charge < -0.3 is 15.1 Å². The average molecular weight is 444 g/mol. The molecule has 1 atom stereocenters. The number of aromatic nitrogens is 2. The lowest BCUT2D eigenvalue weighted by Crippen LogP contribution is -2.41. The van der Waals surface area contributed by atoms with Crippen LogP contribution in [0.3, 0.4) is 0 Å². The lowest BCUT2D eigenvalue weighted by molar-refractivity contribution is 0.222. The number of fused-ring (bicyclic) bond motifs is 1. The van der Waals surface area contributed by atoms with E-state index in [0.29, 0.717) is 5.41 Å². The first-order chi connectivity index (χ1) is 15.8. The monoisotopic (exact) mass is 443 g/mol. The van der Waals surface area contributed by atoms with E-state index in [2.05, 4.69) is 89.5 Å². The molecule has 5 nitrogen and oxygen atoms in total. The molecule has 5 rings (SSSR count). The topological polar surface area (TPSA) is 44.3 Å². The minimum atomic E-state index is 0.156. The molecule has 0 aliphatic carbocycles. The molecule has 3 heterocycles. The summed E-state index contributed by atoms with van der Waals surface area (Å²) in [4.78, 5) is 5.07. The zero-order valence-corrected chi connectivity index (χ0v) is 20.8. The van der Waals surface area contributed by atoms with Crippen molar-refractivity contribution < 1.29 is 0 Å². The Morgan fingerprint density at radius 3 is 2.42 bits per heavy atom. The molecular weight excluding hydrogens is 406 g/mol. The fourth-order valence-electron chi connectivity index (χ4n) is 5.91. The Bertz CT molecular complexity index is 1160. The first kappa shape index (κ1) is 22.1. The molecule has 0 saturated carbocycles. The molecule has 2 fully saturated rings. The van der Waals surface area contributed by atoms with Gasteiger partial charge in [-0.25, -0.2) is 0 Å². The number of aryl methyl sites for hydroxylation is 2. The number of benzene rings is 2. The van der Waals surface area contributed by atoms with Crippen LogP contribution in [0.5, 0.6) is 0 Å². The van der Waals surface area contributed by atoms with Gasteiger partial charge in [-0.3, -0.25) is 0 Å². The van der Waals surface area contributed by atoms with E-state index in [1.807, 2.05) is 6.92 Å². The normalized spacial score (nSPS) is 19.4. The van der Waals surface area contributed by atoms with Crippen LogP contribution in [0.4, 0.5) is 11.5 Å². The van der Waals surface area contributed by atoms with Crippen LogP contribution in [-0.4, -0.2) is 48.3 Å². The minimum absolute atomic E-state index is 0.156. The van der Waals surface area contributed by atoms with Gasteiger partial charge >= 0.3 is 0 Å². The smallest absolute Gasteiger partial charge is 0.157 e. The molecule has 3 aromatic rings. The van der Waals surface area contributed by atoms with Crippen molar-refractivity contribution >= 4 is 22.3 Å². The lowest BCUT2D eigenvalue weighted by Gasteiger charge is -2.40. The van der Waals surface area contributed by atoms with E-state index in [1.54, 1.807) is 0 Å². The molecule has 1 spiro atoms. The predicted octanol–water partition coefficient (Wildman–Crippen LogP) is 5.65. The van der Waals surface area contributed by atoms with Crippen molar-refractivity contribution in [3.05, 3.63) is 58.8 Å². The van der Waals surface area contributed by atoms with E-state index in [-0.39, 0.29) is 6.04 Å². The third kappa shape index (κ3) is 4.19. The van der Waals surface area contributed by atoms with Gasteiger partial charge in [-0.15, -0.1) is 5.10 Å². The molecule has 33 heavy (non-hydrogen) atoms. The summed E-state index contributed by atoms with van der Waals surface area (Å²) in [5, 5.41) is 15.1. The third-order valence-corrected chi connectivity index (χ3v) is 8.23. The van der Waals surface area contributed by atoms with E-state index in [4.69, 9.17) is 0 Å². The molecule has 0 amide bonds. The second-order valence-corrected chi connectivity index (χ2v) is 10.5. The highest BCUT2D eigenvalue weighted by Gasteiger charge is 2.39. The summed E-state index contributed by atoms with van der Waals surface area (Å²) in [5.74, 6) is 0.872. The molecule has 5 heteroatoms. The first-order valence-corrected chi connectivity index (χ1v) is 12.4. The lowest BCUT2D eigenvalue weighted by atomic mass is 9.77. The highest BCUT2D eigenvalue weighted by Crippen LogP contribution is 2.41. The number of piperidine rings is 1. The number of hydrogen-bond acceptors (Lipinski definition) is 5. The Morgan fingerprint density at radius 2 is 1.70 bits per heavy atom. The fourth-order valence-corrected chi connectivity index (χ4v) is 5.91. The van der Waals surface area contributed by atoms with Crippen molar-refractivity contribution in [3.63, 3.8) is 0 Å². The summed E-state index contributed by atoms with van der Waals surface area (Å²) in [5.41, 5.74) is 6.79. The SMILES string of the molecule is Cc1cccc([C@@H](C)Nc2nnc(C)c3ccc(N4CCC5(CCN(C)C5)CC4)cc23)c1C. The van der Waals surface area contributed by atoms with Crippen LogP contribution in [0.15, 0.2) is 36.4 Å². The Morgan fingerprint density at radius 1 is 0.939 bits per heavy atom. The molecule has 0 bridgehead atoms. The van der Waals surface area contributed by atoms with E-state index in [9.17, 15) is 0 Å². The molecule has 2 aliphatic heterocycles. The van der Waals surface area contributed by atoms with Gasteiger partial charge in [-0.1, -0.05) is 24.3 Å². The van der Waals surface area contributed by atoms with Crippen molar-refractivity contribution in [2.24, 2.45) is 5.41 Å². The zero-order chi connectivity index (χ0) is 23.2. The quantitative estimate of drug-likeness (QED) is 0.564. The van der Waals surface area contributed by atoms with Gasteiger partial charge in [0.1, 0.15) is 0 Å². The third-order valence-electron chi connectivity index (χ3n) is 8.23. The maximum absolute atomic E-state index is 4.59. The van der Waals surface area contributed by atoms with E-state index in [1.165, 1.54) is 60.1 Å². The van der Waals surface area contributed by atoms with Crippen molar-refractivity contribution in [3.8, 4) is 0 Å². The molecule has 174 valence electrons. The van der Waals surface area contributed by atoms with Crippen LogP contribution >= 0.6 is 0 Å². The summed E-state index contributed by atoms with van der Waals surface area (Å²) < 4.78 is 0. The minimum Gasteiger partial charge on any atom is -0.371 e. The van der Waals surface area contributed by atoms with Crippen molar-refractivity contribution in [2.45, 2.75) is 53.0 Å². The molecule has 2 aliphatic rings. The average Bonchev–Trinajstić information content (AvgIpc) is 3.17. The fraction of sp³-hybridized carbons (Fsp3) is 0.500. The van der Waals surface area contributed by atoms with Crippen LogP contribution in [0.25, 0.3) is 10.8 Å². The number of rotatable bonds is 4. The molecule has 1 N–H and O–H groups in total. The number of likely N-dealkylation sites (tertiary alicyclic amines) is 1. The van der Waals surface area contributed by atoms with Gasteiger partial charge in [0.25, 0.3) is 0 Å². The molecule has 1 aromatic heterocycles. The predicted molar refractivity (Wildman–Crippen MR) is 138 cm³/mol. The molecule has 2 saturated heterocycles. The maximum Gasteiger partial charge on any atom is 0.157 e. The molecule has 2 aromatic carbocycles. The van der Waals surface area contributed by atoms with Crippen LogP contribution in [0.2, 0.25) is 0 Å². The van der Waals surface area contributed by atoms with Gasteiger partial charge in [-0.05, 0) is 94.8 Å². The number of anilines is 2. The van der Waals surface area contributed by atoms with Gasteiger partial charge in [0.15, 0.2) is 5.82 Å². The molecule has 0 radical (unpaired) electrons. The van der Waals surface area contributed by atoms with Gasteiger partial charge in [-0.2, -0.15) is 5.10 Å². The maximum atomic E-state index is 4.59. The van der Waals surface area contributed by atoms with Gasteiger partial charge in [0.05, 0.1) is 11.7 Å². The van der Waals surface area contributed by atoms with Crippen LogP contribution in [0.1, 0.15) is 54.6 Å². The van der Waals surface area contributed by atoms with Crippen molar-refractivity contribution in [2.75, 3.05) is 43.4 Å². The first-order valence-electron chi connectivity index (χ1n) is 12.4. The van der Waals surface area contributed by atoms with E-state index in [0.717, 1.165) is 30.0 Å². The Hall–Kier alpha value is -2.66. The zero-order valence-electron chi connectivity index (χ0n) is 20.8. The summed E-state index contributed by atoms with van der Waals surface area (Å²) in [6.07, 6.45) is 3.93. The van der Waals surface area contributed by atoms with E-state index < -0.39 is 0 Å². The summed E-state index contributed by atoms with van der Waals surface area (Å²) >= 11 is 0. The largest absolute Gasteiger partial charge is 0.371 e. The van der Waals surface area contributed by atoms with Gasteiger partial charge in [0.2, 0.25) is 0 Å². The van der Waals surface area contributed by atoms with E-state index >= 15 is 0 Å². The second-order valence-electron chi connectivity index (χ2n) is 10.5. The Labute approximate surface area is 198 Å². The van der Waals surface area contributed by atoms with Crippen LogP contribution < -0.4 is 10.2 Å². The number of hydrogen-bond donors (Lipinski definition) is 1. The van der Waals surface area contributed by atoms with Crippen molar-refractivity contribution in [1.29, 1.82) is 0 Å². The summed E-state index contributed by atoms with van der Waals surface area (Å²) in [7, 11) is 2.27. The highest BCUT2D eigenvalue weighted by molar-refractivity contribution is 5.95. The molecular formula is C28H37N5. The second kappa shape index (κ2) is 8.60. The molecule has 0 unspecified atom stereocenters. The Balaban J connectivity index is 1.42. The number of nitrogens with zero attached hydrogens (tertiary/aromatic N) is 4. The number of nitrogens with one attached hydrogen (secondary N) is 1. The van der Waals surface area contributed by atoms with Crippen LogP contribution in [-0.2, 0) is 0 Å². The van der Waals surface area contributed by atoms with Gasteiger partial charge in [0, 0.05) is 36.1 Å². The van der Waals surface area contributed by atoms with Crippen LogP contribution in [0, 0.1) is 26.2 Å². The van der Waals surface area contributed by atoms with Crippen molar-refractivity contribution in [1.82, 2.24) is 15.1 Å². The summed E-state index contributed by atoms with van der Waals surface area (Å²) in [6, 6.07) is 13.5. The standard InChI is InChI=1S/C28H37N5/c1-19-7-6-8-24(20(19)2)21(3)29-27-26-17-23(9-10-25(26)22(4)30-31-27)33-15-12-28(13-16-33)11-14-32(5)18-28/h6-10,17,21H,11-16,18H2,1-5H3,(H,29,31)/t21-/m1/s1. The highest BCUT2D eigenvalue weighted by atomic mass is 15.2.